The zero-order chi connectivity index (χ0) is 54.9. The van der Waals surface area contributed by atoms with Gasteiger partial charge in [0.05, 0.1) is 23.5 Å². The van der Waals surface area contributed by atoms with Crippen molar-refractivity contribution in [2.45, 2.75) is 231 Å². The van der Waals surface area contributed by atoms with Crippen LogP contribution in [0.25, 0.3) is 0 Å². The van der Waals surface area contributed by atoms with Gasteiger partial charge in [-0.15, -0.1) is 0 Å². The van der Waals surface area contributed by atoms with Crippen LogP contribution in [-0.2, 0) is 19.2 Å². The normalized spacial score (nSPS) is 12.0. The average Bonchev–Trinajstić information content (AvgIpc) is 3.11. The molecule has 0 aliphatic rings. The highest BCUT2D eigenvalue weighted by atomic mass is 16.3. The Kier molecular flexibility index (Phi) is 57.5. The molecule has 0 saturated heterocycles. The van der Waals surface area contributed by atoms with Gasteiger partial charge in [-0.2, -0.15) is 0 Å². The van der Waals surface area contributed by atoms with Gasteiger partial charge in [0, 0.05) is 65.6 Å². The third kappa shape index (κ3) is 77.5. The molecule has 0 aliphatic carbocycles. The number of carbonyl (C=O) groups excluding carboxylic acids is 4. The second-order valence-corrected chi connectivity index (χ2v) is 20.8. The zero-order valence-electron chi connectivity index (χ0n) is 48.2. The summed E-state index contributed by atoms with van der Waals surface area (Å²) in [6.07, 6.45) is 2.70. The van der Waals surface area contributed by atoms with Crippen LogP contribution in [0.2, 0.25) is 0 Å². The molecule has 0 fully saturated rings. The first-order valence-electron chi connectivity index (χ1n) is 24.5. The van der Waals surface area contributed by atoms with Gasteiger partial charge in [0.15, 0.2) is 0 Å². The molecule has 0 radical (unpaired) electrons. The largest absolute Gasteiger partial charge is 0.512 e. The van der Waals surface area contributed by atoms with Crippen molar-refractivity contribution in [3.05, 3.63) is 11.8 Å². The summed E-state index contributed by atoms with van der Waals surface area (Å²) in [6, 6.07) is 1.18. The van der Waals surface area contributed by atoms with Gasteiger partial charge in [-0.25, -0.2) is 0 Å². The Hall–Kier alpha value is -3.68. The quantitative estimate of drug-likeness (QED) is 0.0444. The fourth-order valence-corrected chi connectivity index (χ4v) is 3.09. The Balaban J connectivity index is -0.0000000975. The summed E-state index contributed by atoms with van der Waals surface area (Å²) in [5, 5.41) is 24.1. The minimum Gasteiger partial charge on any atom is -0.512 e. The van der Waals surface area contributed by atoms with Crippen LogP contribution in [0.1, 0.15) is 200 Å². The summed E-state index contributed by atoms with van der Waals surface area (Å²) in [4.78, 5) is 49.9. The van der Waals surface area contributed by atoms with E-state index in [0.717, 1.165) is 18.1 Å². The molecule has 66 heavy (non-hydrogen) atoms. The number of aliphatic hydroxyl groups is 2. The fraction of sp³-hybridized carbons (Fsp3) is 0.846. The number of nitrogens with two attached hydrogens (primary N) is 4. The van der Waals surface area contributed by atoms with Crippen molar-refractivity contribution in [2.24, 2.45) is 92.1 Å². The first kappa shape index (κ1) is 79.4. The molecule has 0 spiro atoms. The number of aliphatic imine (C=N–C) groups is 2. The molecule has 0 aromatic carbocycles. The van der Waals surface area contributed by atoms with Gasteiger partial charge in [0.25, 0.3) is 0 Å². The number of allylic oxidation sites excluding steroid dienone is 2. The summed E-state index contributed by atoms with van der Waals surface area (Å²) in [5.74, 6) is 4.49. The molecule has 1 atom stereocenters. The van der Waals surface area contributed by atoms with Crippen molar-refractivity contribution >= 4 is 35.3 Å². The van der Waals surface area contributed by atoms with Crippen molar-refractivity contribution in [1.82, 2.24) is 10.6 Å². The lowest BCUT2D eigenvalue weighted by Gasteiger charge is -2.15. The highest BCUT2D eigenvalue weighted by Gasteiger charge is 2.10. The molecule has 0 aliphatic heterocycles. The molecule has 1 unspecified atom stereocenters. The Bertz CT molecular complexity index is 1150. The monoisotopic (exact) mass is 947 g/mol. The summed E-state index contributed by atoms with van der Waals surface area (Å²) in [7, 11) is 0. The molecule has 398 valence electrons. The van der Waals surface area contributed by atoms with E-state index in [0.29, 0.717) is 47.4 Å². The number of amidine groups is 2. The third-order valence-corrected chi connectivity index (χ3v) is 7.62. The Morgan fingerprint density at radius 2 is 0.712 bits per heavy atom. The average molecular weight is 948 g/mol. The lowest BCUT2D eigenvalue weighted by Crippen LogP contribution is -2.33. The van der Waals surface area contributed by atoms with Crippen LogP contribution in [0.4, 0.5) is 0 Å². The molecule has 0 aromatic heterocycles. The topological polar surface area (TPSA) is 262 Å². The van der Waals surface area contributed by atoms with E-state index in [2.05, 4.69) is 48.3 Å². The molecule has 4 amide bonds. The van der Waals surface area contributed by atoms with Crippen LogP contribution in [0.15, 0.2) is 21.8 Å². The maximum Gasteiger partial charge on any atom is 0.222 e. The number of rotatable bonds is 15. The molecule has 0 bridgehead atoms. The summed E-state index contributed by atoms with van der Waals surface area (Å²) in [6.45, 7) is 55.1. The molecule has 0 saturated carbocycles. The molecule has 0 rings (SSSR count). The van der Waals surface area contributed by atoms with Crippen molar-refractivity contribution in [3.63, 3.8) is 0 Å². The lowest BCUT2D eigenvalue weighted by atomic mass is 9.98. The van der Waals surface area contributed by atoms with Gasteiger partial charge in [0.2, 0.25) is 23.6 Å². The van der Waals surface area contributed by atoms with Crippen LogP contribution in [-0.4, -0.2) is 75.8 Å². The molecule has 14 nitrogen and oxygen atoms in total. The Morgan fingerprint density at radius 3 is 0.773 bits per heavy atom. The maximum absolute atomic E-state index is 10.8. The Labute approximate surface area is 408 Å². The number of hydrogen-bond donors (Lipinski definition) is 8. The van der Waals surface area contributed by atoms with E-state index in [4.69, 9.17) is 28.0 Å². The van der Waals surface area contributed by atoms with Crippen molar-refractivity contribution < 1.29 is 29.4 Å². The van der Waals surface area contributed by atoms with Crippen LogP contribution >= 0.6 is 0 Å². The van der Waals surface area contributed by atoms with E-state index < -0.39 is 0 Å². The second-order valence-electron chi connectivity index (χ2n) is 20.8. The number of amides is 4. The van der Waals surface area contributed by atoms with Crippen molar-refractivity contribution in [3.8, 4) is 0 Å². The number of hydrogen-bond acceptors (Lipinski definition) is 8. The molecule has 12 N–H and O–H groups in total. The van der Waals surface area contributed by atoms with Gasteiger partial charge in [0.1, 0.15) is 0 Å². The van der Waals surface area contributed by atoms with Gasteiger partial charge >= 0.3 is 0 Å². The van der Waals surface area contributed by atoms with Crippen LogP contribution in [0.3, 0.4) is 0 Å². The van der Waals surface area contributed by atoms with E-state index in [1.807, 2.05) is 145 Å². The predicted octanol–water partition coefficient (Wildman–Crippen LogP) is 10.2. The minimum absolute atomic E-state index is 0.00926. The number of carbonyl (C=O) groups is 4. The zero-order valence-corrected chi connectivity index (χ0v) is 48.2. The predicted molar refractivity (Wildman–Crippen MR) is 288 cm³/mol. The summed E-state index contributed by atoms with van der Waals surface area (Å²) < 4.78 is 0. The van der Waals surface area contributed by atoms with E-state index >= 15 is 0 Å². The van der Waals surface area contributed by atoms with E-state index in [1.54, 1.807) is 27.7 Å². The molecule has 0 heterocycles. The highest BCUT2D eigenvalue weighted by Crippen LogP contribution is 2.11. The summed E-state index contributed by atoms with van der Waals surface area (Å²) in [5.41, 5.74) is 20.7. The fourth-order valence-electron chi connectivity index (χ4n) is 3.09. The highest BCUT2D eigenvalue weighted by molar-refractivity contribution is 5.82. The number of nitrogens with zero attached hydrogens (tertiary/aromatic N) is 2. The lowest BCUT2D eigenvalue weighted by molar-refractivity contribution is -0.125. The minimum atomic E-state index is -0.241. The first-order chi connectivity index (χ1) is 29.5. The summed E-state index contributed by atoms with van der Waals surface area (Å²) >= 11 is 0. The Morgan fingerprint density at radius 1 is 0.455 bits per heavy atom. The maximum atomic E-state index is 10.8. The molecular weight excluding hydrogens is 833 g/mol. The van der Waals surface area contributed by atoms with E-state index in [1.165, 1.54) is 0 Å². The SMILES string of the molecule is CC(C)/C=C(\O)C(C)C.CC(C)C(N)=O.CC(C)C(N)=O.CC(C)CC(O)C(C)C.CC(C)N=C(N)C(C)C.CC(C)N=C(N)C(C)C.CC(C)NC(=O)C(C)C.CC(C)NC(=O)C(C)C. The van der Waals surface area contributed by atoms with Crippen molar-refractivity contribution in [2.75, 3.05) is 0 Å². The van der Waals surface area contributed by atoms with Crippen LogP contribution in [0.5, 0.6) is 0 Å². The third-order valence-electron chi connectivity index (χ3n) is 7.62. The number of aliphatic hydroxyl groups excluding tert-OH is 2. The van der Waals surface area contributed by atoms with Gasteiger partial charge < -0.3 is 43.8 Å². The molecule has 0 aromatic rings. The number of primary amides is 2. The second kappa shape index (κ2) is 47.8. The number of nitrogens with one attached hydrogen (secondary N) is 2. The van der Waals surface area contributed by atoms with Gasteiger partial charge in [-0.1, -0.05) is 138 Å². The van der Waals surface area contributed by atoms with Crippen molar-refractivity contribution in [1.29, 1.82) is 0 Å². The van der Waals surface area contributed by atoms with Gasteiger partial charge in [-0.3, -0.25) is 29.2 Å². The van der Waals surface area contributed by atoms with E-state index in [-0.39, 0.29) is 71.4 Å². The van der Waals surface area contributed by atoms with Crippen LogP contribution in [0, 0.1) is 59.2 Å². The smallest absolute Gasteiger partial charge is 0.222 e. The molecule has 14 heteroatoms. The standard InChI is InChI=1S/C8H18O.C8H16O.2C7H16N2.2C7H15NO.2C4H9NO/c2*1-6(2)5-8(9)7(3)4;2*1-5(2)7(8)9-6(3)4;2*1-5(2)7(9)8-6(3)4;2*1-3(2)4(5)6/h6-9H,5H2,1-4H3;5-7,9H,1-4H3;2*5-6H,1-4H3,(H2,8,9);2*5-6H,1-4H3,(H,8,9);2*3H,1-2H3,(H2,5,6)/b;8-5-;;;;;;. The van der Waals surface area contributed by atoms with E-state index in [9.17, 15) is 24.3 Å². The van der Waals surface area contributed by atoms with Gasteiger partial charge in [-0.05, 0) is 85.6 Å². The molecular formula is C52H114N8O6. The van der Waals surface area contributed by atoms with Crippen LogP contribution < -0.4 is 33.6 Å². The first-order valence-corrected chi connectivity index (χ1v) is 24.5.